The van der Waals surface area contributed by atoms with Crippen molar-refractivity contribution in [1.82, 2.24) is 4.98 Å². The summed E-state index contributed by atoms with van der Waals surface area (Å²) in [6.07, 6.45) is 3.35. The molecule has 13 heavy (non-hydrogen) atoms. The highest BCUT2D eigenvalue weighted by atomic mass is 16.1. The summed E-state index contributed by atoms with van der Waals surface area (Å²) in [4.78, 5) is 15.2. The molecule has 2 heteroatoms. The van der Waals surface area contributed by atoms with Crippen LogP contribution in [-0.4, -0.2) is 10.8 Å². The zero-order chi connectivity index (χ0) is 9.68. The molecular weight excluding hydrogens is 162 g/mol. The third kappa shape index (κ3) is 2.98. The Bertz CT molecular complexity index is 269. The summed E-state index contributed by atoms with van der Waals surface area (Å²) in [5.41, 5.74) is 1.03. The van der Waals surface area contributed by atoms with Crippen molar-refractivity contribution in [3.05, 3.63) is 30.1 Å². The van der Waals surface area contributed by atoms with E-state index >= 15 is 0 Å². The molecular formula is C11H15NO. The molecule has 70 valence electrons. The zero-order valence-corrected chi connectivity index (χ0v) is 8.16. The molecule has 0 saturated carbocycles. The molecule has 0 aliphatic heterocycles. The Morgan fingerprint density at radius 1 is 1.54 bits per heavy atom. The first-order chi connectivity index (χ1) is 6.24. The number of nitrogens with zero attached hydrogens (tertiary/aromatic N) is 1. The highest BCUT2D eigenvalue weighted by molar-refractivity contribution is 5.76. The number of carbonyl (C=O) groups excluding carboxylic acids is 1. The van der Waals surface area contributed by atoms with Crippen LogP contribution in [0.3, 0.4) is 0 Å². The van der Waals surface area contributed by atoms with Crippen LogP contribution in [-0.2, 0) is 4.79 Å². The van der Waals surface area contributed by atoms with Crippen molar-refractivity contribution in [2.75, 3.05) is 0 Å². The monoisotopic (exact) mass is 177 g/mol. The standard InChI is InChI=1S/C11H15NO/c1-3-10(8-9(2)13)11-6-4-5-7-12-11/h4-7,10H,3,8H2,1-2H3/t10-/m0/s1. The van der Waals surface area contributed by atoms with E-state index in [0.717, 1.165) is 12.1 Å². The quantitative estimate of drug-likeness (QED) is 0.707. The van der Waals surface area contributed by atoms with Gasteiger partial charge in [-0.2, -0.15) is 0 Å². The average Bonchev–Trinajstić information content (AvgIpc) is 2.15. The van der Waals surface area contributed by atoms with Gasteiger partial charge in [-0.1, -0.05) is 13.0 Å². The molecule has 1 atom stereocenters. The van der Waals surface area contributed by atoms with Gasteiger partial charge in [-0.05, 0) is 25.5 Å². The van der Waals surface area contributed by atoms with Crippen molar-refractivity contribution in [2.45, 2.75) is 32.6 Å². The van der Waals surface area contributed by atoms with Gasteiger partial charge in [-0.25, -0.2) is 0 Å². The lowest BCUT2D eigenvalue weighted by Crippen LogP contribution is -2.04. The van der Waals surface area contributed by atoms with Gasteiger partial charge in [0.25, 0.3) is 0 Å². The van der Waals surface area contributed by atoms with Crippen LogP contribution in [0.25, 0.3) is 0 Å². The molecule has 1 aromatic heterocycles. The molecule has 0 aromatic carbocycles. The molecule has 0 bridgehead atoms. The SMILES string of the molecule is CC[C@@H](CC(C)=O)c1ccccn1. The Morgan fingerprint density at radius 2 is 2.31 bits per heavy atom. The van der Waals surface area contributed by atoms with Gasteiger partial charge in [0.05, 0.1) is 0 Å². The van der Waals surface area contributed by atoms with Crippen LogP contribution in [0.15, 0.2) is 24.4 Å². The molecule has 0 amide bonds. The summed E-state index contributed by atoms with van der Waals surface area (Å²) < 4.78 is 0. The number of hydrogen-bond acceptors (Lipinski definition) is 2. The van der Waals surface area contributed by atoms with E-state index in [0.29, 0.717) is 12.3 Å². The Labute approximate surface area is 79.0 Å². The third-order valence-electron chi connectivity index (χ3n) is 2.13. The van der Waals surface area contributed by atoms with E-state index in [-0.39, 0.29) is 5.78 Å². The summed E-state index contributed by atoms with van der Waals surface area (Å²) >= 11 is 0. The van der Waals surface area contributed by atoms with Crippen molar-refractivity contribution in [2.24, 2.45) is 0 Å². The second-order valence-corrected chi connectivity index (χ2v) is 3.27. The van der Waals surface area contributed by atoms with Gasteiger partial charge in [0.2, 0.25) is 0 Å². The molecule has 0 spiro atoms. The number of Topliss-reactive ketones (excluding diaryl/α,β-unsaturated/α-hetero) is 1. The molecule has 0 unspecified atom stereocenters. The van der Waals surface area contributed by atoms with E-state index in [2.05, 4.69) is 11.9 Å². The van der Waals surface area contributed by atoms with Crippen LogP contribution < -0.4 is 0 Å². The van der Waals surface area contributed by atoms with E-state index in [9.17, 15) is 4.79 Å². The van der Waals surface area contributed by atoms with E-state index in [1.165, 1.54) is 0 Å². The van der Waals surface area contributed by atoms with Crippen LogP contribution in [0.4, 0.5) is 0 Å². The maximum Gasteiger partial charge on any atom is 0.130 e. The predicted molar refractivity (Wildman–Crippen MR) is 52.6 cm³/mol. The van der Waals surface area contributed by atoms with Crippen LogP contribution in [0.1, 0.15) is 38.3 Å². The first-order valence-electron chi connectivity index (χ1n) is 4.64. The summed E-state index contributed by atoms with van der Waals surface area (Å²) in [5.74, 6) is 0.524. The van der Waals surface area contributed by atoms with E-state index < -0.39 is 0 Å². The van der Waals surface area contributed by atoms with Gasteiger partial charge in [0, 0.05) is 24.2 Å². The topological polar surface area (TPSA) is 30.0 Å². The minimum Gasteiger partial charge on any atom is -0.300 e. The first kappa shape index (κ1) is 9.90. The van der Waals surface area contributed by atoms with Crippen molar-refractivity contribution >= 4 is 5.78 Å². The molecule has 0 saturated heterocycles. The van der Waals surface area contributed by atoms with Crippen molar-refractivity contribution in [3.63, 3.8) is 0 Å². The second kappa shape index (κ2) is 4.75. The van der Waals surface area contributed by atoms with Crippen LogP contribution in [0, 0.1) is 0 Å². The summed E-state index contributed by atoms with van der Waals surface area (Å²) in [6, 6.07) is 5.84. The fourth-order valence-corrected chi connectivity index (χ4v) is 1.42. The fraction of sp³-hybridized carbons (Fsp3) is 0.455. The molecule has 1 aromatic rings. The van der Waals surface area contributed by atoms with Gasteiger partial charge in [-0.15, -0.1) is 0 Å². The van der Waals surface area contributed by atoms with Gasteiger partial charge < -0.3 is 4.79 Å². The molecule has 1 rings (SSSR count). The van der Waals surface area contributed by atoms with Crippen LogP contribution in [0.5, 0.6) is 0 Å². The minimum absolute atomic E-state index is 0.234. The lowest BCUT2D eigenvalue weighted by molar-refractivity contribution is -0.117. The number of pyridine rings is 1. The van der Waals surface area contributed by atoms with E-state index in [4.69, 9.17) is 0 Å². The molecule has 0 N–H and O–H groups in total. The normalized spacial score (nSPS) is 12.5. The number of aromatic nitrogens is 1. The van der Waals surface area contributed by atoms with Crippen molar-refractivity contribution in [3.8, 4) is 0 Å². The maximum absolute atomic E-state index is 11.0. The highest BCUT2D eigenvalue weighted by Gasteiger charge is 2.11. The van der Waals surface area contributed by atoms with Crippen molar-refractivity contribution in [1.29, 1.82) is 0 Å². The third-order valence-corrected chi connectivity index (χ3v) is 2.13. The lowest BCUT2D eigenvalue weighted by Gasteiger charge is -2.11. The molecule has 0 fully saturated rings. The number of rotatable bonds is 4. The van der Waals surface area contributed by atoms with Crippen LogP contribution in [0.2, 0.25) is 0 Å². The smallest absolute Gasteiger partial charge is 0.130 e. The average molecular weight is 177 g/mol. The summed E-state index contributed by atoms with van der Waals surface area (Å²) in [6.45, 7) is 3.72. The first-order valence-corrected chi connectivity index (χ1v) is 4.64. The van der Waals surface area contributed by atoms with Gasteiger partial charge in [0.15, 0.2) is 0 Å². The predicted octanol–water partition coefficient (Wildman–Crippen LogP) is 2.55. The molecule has 2 nitrogen and oxygen atoms in total. The maximum atomic E-state index is 11.0. The van der Waals surface area contributed by atoms with Gasteiger partial charge in [0.1, 0.15) is 5.78 Å². The molecule has 0 radical (unpaired) electrons. The van der Waals surface area contributed by atoms with Gasteiger partial charge in [-0.3, -0.25) is 4.98 Å². The Morgan fingerprint density at radius 3 is 2.77 bits per heavy atom. The fourth-order valence-electron chi connectivity index (χ4n) is 1.42. The van der Waals surface area contributed by atoms with Crippen LogP contribution >= 0.6 is 0 Å². The molecule has 0 aliphatic rings. The van der Waals surface area contributed by atoms with E-state index in [1.54, 1.807) is 13.1 Å². The zero-order valence-electron chi connectivity index (χ0n) is 8.16. The lowest BCUT2D eigenvalue weighted by atomic mass is 9.96. The summed E-state index contributed by atoms with van der Waals surface area (Å²) in [5, 5.41) is 0. The Hall–Kier alpha value is -1.18. The minimum atomic E-state index is 0.234. The number of carbonyl (C=O) groups is 1. The largest absolute Gasteiger partial charge is 0.300 e. The van der Waals surface area contributed by atoms with Gasteiger partial charge >= 0.3 is 0 Å². The Kier molecular flexibility index (Phi) is 3.62. The second-order valence-electron chi connectivity index (χ2n) is 3.27. The highest BCUT2D eigenvalue weighted by Crippen LogP contribution is 2.20. The Balaban J connectivity index is 2.73. The number of hydrogen-bond donors (Lipinski definition) is 0. The molecule has 0 aliphatic carbocycles. The summed E-state index contributed by atoms with van der Waals surface area (Å²) in [7, 11) is 0. The molecule has 1 heterocycles. The number of ketones is 1. The van der Waals surface area contributed by atoms with E-state index in [1.807, 2.05) is 18.2 Å². The van der Waals surface area contributed by atoms with Crippen molar-refractivity contribution < 1.29 is 4.79 Å².